The molecule has 0 amide bonds. The van der Waals surface area contributed by atoms with E-state index in [0.29, 0.717) is 5.56 Å². The van der Waals surface area contributed by atoms with Gasteiger partial charge in [0.1, 0.15) is 0 Å². The second kappa shape index (κ2) is 3.66. The van der Waals surface area contributed by atoms with Gasteiger partial charge in [0, 0.05) is 0 Å². The lowest BCUT2D eigenvalue weighted by atomic mass is 9.92. The Balaban J connectivity index is 1.96. The molecular formula is C12H9BrF2O3. The summed E-state index contributed by atoms with van der Waals surface area (Å²) in [5.74, 6) is 0.0603. The second-order valence-electron chi connectivity index (χ2n) is 4.47. The Kier molecular flexibility index (Phi) is 2.42. The third kappa shape index (κ3) is 1.70. The average Bonchev–Trinajstić information content (AvgIpc) is 3.05. The number of ether oxygens (including phenoxy) is 2. The maximum atomic E-state index is 12.9. The Labute approximate surface area is 110 Å². The Morgan fingerprint density at radius 3 is 2.56 bits per heavy atom. The topological polar surface area (TPSA) is 35.5 Å². The molecule has 1 aromatic carbocycles. The zero-order valence-electron chi connectivity index (χ0n) is 9.21. The molecule has 1 aliphatic carbocycles. The van der Waals surface area contributed by atoms with Gasteiger partial charge in [-0.3, -0.25) is 4.79 Å². The van der Waals surface area contributed by atoms with Crippen molar-refractivity contribution < 1.29 is 23.0 Å². The van der Waals surface area contributed by atoms with E-state index in [2.05, 4.69) is 25.4 Å². The van der Waals surface area contributed by atoms with Gasteiger partial charge < -0.3 is 9.47 Å². The van der Waals surface area contributed by atoms with Crippen molar-refractivity contribution in [2.75, 3.05) is 5.33 Å². The van der Waals surface area contributed by atoms with Gasteiger partial charge in [0.15, 0.2) is 17.3 Å². The normalized spacial score (nSPS) is 21.7. The van der Waals surface area contributed by atoms with E-state index in [1.165, 1.54) is 12.1 Å². The van der Waals surface area contributed by atoms with Crippen LogP contribution in [0.2, 0.25) is 0 Å². The number of rotatable bonds is 3. The van der Waals surface area contributed by atoms with Crippen LogP contribution in [0, 0.1) is 0 Å². The van der Waals surface area contributed by atoms with E-state index < -0.39 is 11.7 Å². The molecule has 1 fully saturated rings. The van der Waals surface area contributed by atoms with Gasteiger partial charge >= 0.3 is 6.29 Å². The molecule has 0 bridgehead atoms. The fourth-order valence-electron chi connectivity index (χ4n) is 2.23. The summed E-state index contributed by atoms with van der Waals surface area (Å²) in [7, 11) is 0. The summed E-state index contributed by atoms with van der Waals surface area (Å²) in [6, 6.07) is 4.55. The number of ketones is 1. The van der Waals surface area contributed by atoms with Gasteiger partial charge in [0.25, 0.3) is 0 Å². The molecule has 0 spiro atoms. The van der Waals surface area contributed by atoms with Gasteiger partial charge in [-0.2, -0.15) is 0 Å². The minimum atomic E-state index is -3.61. The third-order valence-electron chi connectivity index (χ3n) is 3.36. The van der Waals surface area contributed by atoms with Gasteiger partial charge in [0.2, 0.25) is 0 Å². The lowest BCUT2D eigenvalue weighted by molar-refractivity contribution is -0.286. The zero-order valence-corrected chi connectivity index (χ0v) is 10.8. The zero-order chi connectivity index (χ0) is 13.0. The van der Waals surface area contributed by atoms with E-state index in [1.807, 2.05) is 0 Å². The monoisotopic (exact) mass is 318 g/mol. The number of fused-ring (bicyclic) bond motifs is 1. The van der Waals surface area contributed by atoms with Crippen molar-refractivity contribution in [1.82, 2.24) is 0 Å². The third-order valence-corrected chi connectivity index (χ3v) is 3.87. The highest BCUT2D eigenvalue weighted by molar-refractivity contribution is 9.09. The Bertz CT molecular complexity index is 526. The van der Waals surface area contributed by atoms with Gasteiger partial charge in [-0.05, 0) is 30.5 Å². The second-order valence-corrected chi connectivity index (χ2v) is 5.03. The molecule has 3 nitrogen and oxygen atoms in total. The van der Waals surface area contributed by atoms with E-state index in [-0.39, 0.29) is 22.6 Å². The minimum Gasteiger partial charge on any atom is -0.395 e. The largest absolute Gasteiger partial charge is 0.586 e. The molecule has 96 valence electrons. The van der Waals surface area contributed by atoms with E-state index in [9.17, 15) is 13.6 Å². The van der Waals surface area contributed by atoms with Crippen LogP contribution in [-0.4, -0.2) is 17.4 Å². The van der Waals surface area contributed by atoms with E-state index in [0.717, 1.165) is 12.8 Å². The molecule has 1 saturated carbocycles. The summed E-state index contributed by atoms with van der Waals surface area (Å²) in [6.07, 6.45) is -2.13. The van der Waals surface area contributed by atoms with Crippen LogP contribution >= 0.6 is 15.9 Å². The Hall–Kier alpha value is -1.17. The molecule has 6 heteroatoms. The van der Waals surface area contributed by atoms with Crippen molar-refractivity contribution in [2.24, 2.45) is 0 Å². The summed E-state index contributed by atoms with van der Waals surface area (Å²) in [5, 5.41) is 0.262. The number of halogens is 3. The molecule has 1 aromatic rings. The molecule has 3 rings (SSSR count). The number of benzene rings is 1. The highest BCUT2D eigenvalue weighted by Gasteiger charge is 2.51. The minimum absolute atomic E-state index is 0.00541. The van der Waals surface area contributed by atoms with Crippen LogP contribution in [0.15, 0.2) is 18.2 Å². The van der Waals surface area contributed by atoms with Crippen molar-refractivity contribution in [3.05, 3.63) is 23.8 Å². The Morgan fingerprint density at radius 1 is 1.28 bits per heavy atom. The summed E-state index contributed by atoms with van der Waals surface area (Å²) in [6.45, 7) is 0. The van der Waals surface area contributed by atoms with Crippen LogP contribution in [-0.2, 0) is 10.2 Å². The standard InChI is InChI=1S/C12H9BrF2O3/c13-6-10(16)11(3-4-11)7-1-2-8-9(5-7)18-12(14,15)17-8/h1-2,5H,3-4,6H2. The molecule has 0 aromatic heterocycles. The lowest BCUT2D eigenvalue weighted by Gasteiger charge is -2.13. The molecule has 0 radical (unpaired) electrons. The fraction of sp³-hybridized carbons (Fsp3) is 0.417. The van der Waals surface area contributed by atoms with Crippen LogP contribution in [0.4, 0.5) is 8.78 Å². The van der Waals surface area contributed by atoms with Crippen molar-refractivity contribution >= 4 is 21.7 Å². The fourth-order valence-corrected chi connectivity index (χ4v) is 2.76. The number of hydrogen-bond donors (Lipinski definition) is 0. The first-order valence-corrected chi connectivity index (χ1v) is 6.59. The molecule has 0 unspecified atom stereocenters. The summed E-state index contributed by atoms with van der Waals surface area (Å²) in [4.78, 5) is 11.9. The van der Waals surface area contributed by atoms with Gasteiger partial charge in [-0.15, -0.1) is 8.78 Å². The first-order valence-electron chi connectivity index (χ1n) is 5.46. The first-order chi connectivity index (χ1) is 8.47. The number of carbonyl (C=O) groups excluding carboxylic acids is 1. The van der Waals surface area contributed by atoms with Crippen LogP contribution in [0.25, 0.3) is 0 Å². The smallest absolute Gasteiger partial charge is 0.395 e. The highest BCUT2D eigenvalue weighted by atomic mass is 79.9. The first kappa shape index (κ1) is 11.9. The predicted molar refractivity (Wildman–Crippen MR) is 62.4 cm³/mol. The molecule has 2 aliphatic rings. The van der Waals surface area contributed by atoms with Crippen LogP contribution in [0.5, 0.6) is 11.5 Å². The quantitative estimate of drug-likeness (QED) is 0.804. The number of alkyl halides is 3. The molecule has 1 aliphatic heterocycles. The predicted octanol–water partition coefficient (Wildman–Crippen LogP) is 3.00. The number of Topliss-reactive ketones (excluding diaryl/α,β-unsaturated/α-hetero) is 1. The average molecular weight is 319 g/mol. The highest BCUT2D eigenvalue weighted by Crippen LogP contribution is 2.52. The summed E-state index contributed by atoms with van der Waals surface area (Å²) < 4.78 is 34.5. The van der Waals surface area contributed by atoms with E-state index in [1.54, 1.807) is 6.07 Å². The maximum absolute atomic E-state index is 12.9. The van der Waals surface area contributed by atoms with Crippen molar-refractivity contribution in [1.29, 1.82) is 0 Å². The summed E-state index contributed by atoms with van der Waals surface area (Å²) in [5.41, 5.74) is 0.187. The number of hydrogen-bond acceptors (Lipinski definition) is 3. The maximum Gasteiger partial charge on any atom is 0.586 e. The van der Waals surface area contributed by atoms with Crippen molar-refractivity contribution in [3.8, 4) is 11.5 Å². The van der Waals surface area contributed by atoms with Gasteiger partial charge in [-0.1, -0.05) is 22.0 Å². The van der Waals surface area contributed by atoms with Crippen molar-refractivity contribution in [2.45, 2.75) is 24.6 Å². The molecule has 0 saturated heterocycles. The number of carbonyl (C=O) groups is 1. The van der Waals surface area contributed by atoms with Crippen molar-refractivity contribution in [3.63, 3.8) is 0 Å². The SMILES string of the molecule is O=C(CBr)C1(c2ccc3c(c2)OC(F)(F)O3)CC1. The van der Waals surface area contributed by atoms with Gasteiger partial charge in [0.05, 0.1) is 10.7 Å². The summed E-state index contributed by atoms with van der Waals surface area (Å²) >= 11 is 3.14. The molecule has 18 heavy (non-hydrogen) atoms. The molecule has 1 heterocycles. The molecule has 0 atom stereocenters. The van der Waals surface area contributed by atoms with Crippen LogP contribution in [0.1, 0.15) is 18.4 Å². The lowest BCUT2D eigenvalue weighted by Crippen LogP contribution is -2.26. The van der Waals surface area contributed by atoms with Gasteiger partial charge in [-0.25, -0.2) is 0 Å². The van der Waals surface area contributed by atoms with E-state index >= 15 is 0 Å². The van der Waals surface area contributed by atoms with Crippen LogP contribution < -0.4 is 9.47 Å². The molecular weight excluding hydrogens is 310 g/mol. The molecule has 0 N–H and O–H groups in total. The Morgan fingerprint density at radius 2 is 1.94 bits per heavy atom. The van der Waals surface area contributed by atoms with Crippen LogP contribution in [0.3, 0.4) is 0 Å². The van der Waals surface area contributed by atoms with E-state index in [4.69, 9.17) is 0 Å².